The maximum atomic E-state index is 13.7. The van der Waals surface area contributed by atoms with Gasteiger partial charge in [0.1, 0.15) is 11.1 Å². The Morgan fingerprint density at radius 2 is 1.81 bits per heavy atom. The van der Waals surface area contributed by atoms with Crippen LogP contribution in [0, 0.1) is 29.1 Å². The van der Waals surface area contributed by atoms with E-state index in [1.54, 1.807) is 6.07 Å². The van der Waals surface area contributed by atoms with Gasteiger partial charge in [-0.1, -0.05) is 11.8 Å². The molecule has 144 valence electrons. The van der Waals surface area contributed by atoms with E-state index in [0.29, 0.717) is 35.2 Å². The van der Waals surface area contributed by atoms with Crippen LogP contribution in [-0.2, 0) is 16.4 Å². The normalized spacial score (nSPS) is 31.7. The van der Waals surface area contributed by atoms with Crippen molar-refractivity contribution in [1.82, 2.24) is 4.98 Å². The van der Waals surface area contributed by atoms with Gasteiger partial charge in [0.05, 0.1) is 16.9 Å². The van der Waals surface area contributed by atoms with Crippen molar-refractivity contribution < 1.29 is 23.1 Å². The summed E-state index contributed by atoms with van der Waals surface area (Å²) in [6.07, 6.45) is 1.32. The Labute approximate surface area is 159 Å². The van der Waals surface area contributed by atoms with E-state index in [1.807, 2.05) is 0 Å². The first-order chi connectivity index (χ1) is 12.7. The van der Waals surface area contributed by atoms with E-state index < -0.39 is 29.0 Å². The fraction of sp³-hybridized carbons (Fsp3) is 0.632. The quantitative estimate of drug-likeness (QED) is 0.752. The molecule has 4 bridgehead atoms. The Kier molecular flexibility index (Phi) is 4.41. The average Bonchev–Trinajstić information content (AvgIpc) is 2.57. The van der Waals surface area contributed by atoms with E-state index in [4.69, 9.17) is 5.11 Å². The lowest BCUT2D eigenvalue weighted by atomic mass is 9.48. The number of carboxylic acids is 1. The molecule has 4 saturated carbocycles. The Hall–Kier alpha value is -1.75. The van der Waals surface area contributed by atoms with Crippen molar-refractivity contribution in [3.63, 3.8) is 0 Å². The summed E-state index contributed by atoms with van der Waals surface area (Å²) in [5, 5.41) is 18.1. The number of halogens is 3. The van der Waals surface area contributed by atoms with Crippen LogP contribution in [0.4, 0.5) is 13.2 Å². The zero-order valence-electron chi connectivity index (χ0n) is 14.6. The molecule has 1 aromatic rings. The fourth-order valence-electron chi connectivity index (χ4n) is 5.78. The Morgan fingerprint density at radius 3 is 2.26 bits per heavy atom. The van der Waals surface area contributed by atoms with Crippen LogP contribution in [0.25, 0.3) is 0 Å². The van der Waals surface area contributed by atoms with Gasteiger partial charge in [0.15, 0.2) is 0 Å². The summed E-state index contributed by atoms with van der Waals surface area (Å²) in [7, 11) is 0. The van der Waals surface area contributed by atoms with Gasteiger partial charge in [-0.2, -0.15) is 18.4 Å². The minimum Gasteiger partial charge on any atom is -0.481 e. The molecule has 27 heavy (non-hydrogen) atoms. The molecule has 0 spiro atoms. The van der Waals surface area contributed by atoms with Crippen molar-refractivity contribution in [2.45, 2.75) is 55.1 Å². The van der Waals surface area contributed by atoms with Gasteiger partial charge in [-0.15, -0.1) is 0 Å². The smallest absolute Gasteiger partial charge is 0.417 e. The standard InChI is InChI=1S/C19H19F3N2O2S/c20-19(21,22)14-4-15(24-17(13(14)8-23)27-9-16(25)26)18-5-10-1-11(6-18)3-12(2-10)7-18/h4,10-12H,1-3,5-7,9H2,(H,25,26). The first-order valence-corrected chi connectivity index (χ1v) is 10.1. The lowest BCUT2D eigenvalue weighted by Gasteiger charge is -2.56. The molecule has 0 unspecified atom stereocenters. The van der Waals surface area contributed by atoms with Gasteiger partial charge in [0.25, 0.3) is 0 Å². The highest BCUT2D eigenvalue weighted by molar-refractivity contribution is 7.99. The largest absolute Gasteiger partial charge is 0.481 e. The fourth-order valence-corrected chi connectivity index (χ4v) is 6.51. The van der Waals surface area contributed by atoms with Crippen LogP contribution in [0.5, 0.6) is 0 Å². The molecule has 8 heteroatoms. The highest BCUT2D eigenvalue weighted by Gasteiger charge is 2.53. The third-order valence-electron chi connectivity index (χ3n) is 6.32. The number of nitrogens with zero attached hydrogens (tertiary/aromatic N) is 2. The van der Waals surface area contributed by atoms with Gasteiger partial charge in [-0.25, -0.2) is 4.98 Å². The number of nitriles is 1. The maximum absolute atomic E-state index is 13.7. The topological polar surface area (TPSA) is 74.0 Å². The van der Waals surface area contributed by atoms with Crippen LogP contribution in [0.3, 0.4) is 0 Å². The van der Waals surface area contributed by atoms with Gasteiger partial charge in [0, 0.05) is 11.1 Å². The second-order valence-electron chi connectivity index (χ2n) is 8.23. The third kappa shape index (κ3) is 3.31. The molecular weight excluding hydrogens is 377 g/mol. The zero-order chi connectivity index (χ0) is 19.4. The lowest BCUT2D eigenvalue weighted by Crippen LogP contribution is -2.49. The van der Waals surface area contributed by atoms with Gasteiger partial charge in [0.2, 0.25) is 0 Å². The maximum Gasteiger partial charge on any atom is 0.417 e. The Bertz CT molecular complexity index is 796. The molecule has 1 heterocycles. The molecule has 4 fully saturated rings. The van der Waals surface area contributed by atoms with Crippen LogP contribution in [0.2, 0.25) is 0 Å². The summed E-state index contributed by atoms with van der Waals surface area (Å²) in [4.78, 5) is 15.4. The van der Waals surface area contributed by atoms with Crippen molar-refractivity contribution in [3.05, 3.63) is 22.9 Å². The summed E-state index contributed by atoms with van der Waals surface area (Å²) in [5.41, 5.74) is -1.51. The van der Waals surface area contributed by atoms with Gasteiger partial charge in [-0.05, 0) is 62.3 Å². The third-order valence-corrected chi connectivity index (χ3v) is 7.28. The molecule has 0 saturated heterocycles. The number of thioether (sulfide) groups is 1. The predicted octanol–water partition coefficient (Wildman–Crippen LogP) is 4.62. The SMILES string of the molecule is N#Cc1c(C(F)(F)F)cc(C23CC4CC(CC(C4)C2)C3)nc1SCC(=O)O. The molecule has 0 aromatic carbocycles. The van der Waals surface area contributed by atoms with Crippen molar-refractivity contribution in [3.8, 4) is 6.07 Å². The summed E-state index contributed by atoms with van der Waals surface area (Å²) >= 11 is 0.695. The number of carbonyl (C=O) groups is 1. The van der Waals surface area contributed by atoms with Crippen LogP contribution >= 0.6 is 11.8 Å². The van der Waals surface area contributed by atoms with Crippen molar-refractivity contribution in [2.24, 2.45) is 17.8 Å². The molecule has 0 radical (unpaired) electrons. The number of hydrogen-bond acceptors (Lipinski definition) is 4. The van der Waals surface area contributed by atoms with Crippen LogP contribution in [0.15, 0.2) is 11.1 Å². The molecular formula is C19H19F3N2O2S. The predicted molar refractivity (Wildman–Crippen MR) is 92.2 cm³/mol. The van der Waals surface area contributed by atoms with Gasteiger partial charge < -0.3 is 5.11 Å². The molecule has 5 rings (SSSR count). The zero-order valence-corrected chi connectivity index (χ0v) is 15.4. The molecule has 0 amide bonds. The number of rotatable bonds is 4. The van der Waals surface area contributed by atoms with Crippen molar-refractivity contribution in [2.75, 3.05) is 5.75 Å². The number of alkyl halides is 3. The molecule has 4 aliphatic carbocycles. The second-order valence-corrected chi connectivity index (χ2v) is 9.19. The van der Waals surface area contributed by atoms with E-state index in [2.05, 4.69) is 4.98 Å². The van der Waals surface area contributed by atoms with Gasteiger partial charge in [-0.3, -0.25) is 4.79 Å². The molecule has 4 aliphatic rings. The monoisotopic (exact) mass is 396 g/mol. The number of aliphatic carboxylic acids is 1. The first kappa shape index (κ1) is 18.6. The minimum atomic E-state index is -4.68. The molecule has 1 N–H and O–H groups in total. The molecule has 4 nitrogen and oxygen atoms in total. The minimum absolute atomic E-state index is 0.111. The number of carboxylic acid groups (broad SMARTS) is 1. The van der Waals surface area contributed by atoms with E-state index >= 15 is 0 Å². The summed E-state index contributed by atoms with van der Waals surface area (Å²) < 4.78 is 41.0. The molecule has 1 aromatic heterocycles. The number of aromatic nitrogens is 1. The van der Waals surface area contributed by atoms with Crippen molar-refractivity contribution in [1.29, 1.82) is 5.26 Å². The van der Waals surface area contributed by atoms with E-state index in [0.717, 1.165) is 44.6 Å². The van der Waals surface area contributed by atoms with Crippen LogP contribution in [-0.4, -0.2) is 21.8 Å². The number of hydrogen-bond donors (Lipinski definition) is 1. The average molecular weight is 396 g/mol. The second kappa shape index (κ2) is 6.40. The summed E-state index contributed by atoms with van der Waals surface area (Å²) in [6, 6.07) is 2.67. The first-order valence-electron chi connectivity index (χ1n) is 9.07. The summed E-state index contributed by atoms with van der Waals surface area (Å²) in [5.74, 6) is 0.0393. The van der Waals surface area contributed by atoms with Crippen LogP contribution < -0.4 is 0 Å². The summed E-state index contributed by atoms with van der Waals surface area (Å²) in [6.45, 7) is 0. The lowest BCUT2D eigenvalue weighted by molar-refractivity contribution is -0.138. The molecule has 0 aliphatic heterocycles. The highest BCUT2D eigenvalue weighted by Crippen LogP contribution is 2.60. The van der Waals surface area contributed by atoms with Gasteiger partial charge >= 0.3 is 12.1 Å². The van der Waals surface area contributed by atoms with Crippen molar-refractivity contribution >= 4 is 17.7 Å². The van der Waals surface area contributed by atoms with E-state index in [1.165, 1.54) is 0 Å². The molecule has 0 atom stereocenters. The van der Waals surface area contributed by atoms with Crippen LogP contribution in [0.1, 0.15) is 55.3 Å². The van der Waals surface area contributed by atoms with E-state index in [-0.39, 0.29) is 10.4 Å². The Morgan fingerprint density at radius 1 is 1.26 bits per heavy atom. The Balaban J connectivity index is 1.82. The highest BCUT2D eigenvalue weighted by atomic mass is 32.2. The van der Waals surface area contributed by atoms with E-state index in [9.17, 15) is 23.2 Å². The number of pyridine rings is 1.